The summed E-state index contributed by atoms with van der Waals surface area (Å²) in [6.07, 6.45) is 3.42. The summed E-state index contributed by atoms with van der Waals surface area (Å²) in [5.41, 5.74) is 2.25. The van der Waals surface area contributed by atoms with Gasteiger partial charge in [-0.3, -0.25) is 9.88 Å². The van der Waals surface area contributed by atoms with Gasteiger partial charge in [-0.15, -0.1) is 0 Å². The van der Waals surface area contributed by atoms with Crippen molar-refractivity contribution in [3.63, 3.8) is 0 Å². The molecule has 0 radical (unpaired) electrons. The number of aliphatic hydroxyl groups is 1. The van der Waals surface area contributed by atoms with E-state index in [-0.39, 0.29) is 6.10 Å². The number of aliphatic hydroxyl groups excluding tert-OH is 1. The van der Waals surface area contributed by atoms with Gasteiger partial charge in [0.25, 0.3) is 0 Å². The fourth-order valence-electron chi connectivity index (χ4n) is 2.23. The maximum absolute atomic E-state index is 9.14. The molecule has 1 N–H and O–H groups in total. The molecule has 0 saturated carbocycles. The lowest BCUT2D eigenvalue weighted by atomic mass is 10.1. The zero-order valence-electron chi connectivity index (χ0n) is 11.7. The van der Waals surface area contributed by atoms with Crippen LogP contribution in [0, 0.1) is 0 Å². The predicted molar refractivity (Wildman–Crippen MR) is 75.0 cm³/mol. The highest BCUT2D eigenvalue weighted by Crippen LogP contribution is 2.11. The van der Waals surface area contributed by atoms with Crippen LogP contribution >= 0.6 is 0 Å². The normalized spacial score (nSPS) is 19.7. The van der Waals surface area contributed by atoms with Gasteiger partial charge in [-0.05, 0) is 31.4 Å². The van der Waals surface area contributed by atoms with Crippen molar-refractivity contribution >= 4 is 0 Å². The van der Waals surface area contributed by atoms with Gasteiger partial charge in [0.1, 0.15) is 0 Å². The highest BCUT2D eigenvalue weighted by Gasteiger charge is 2.24. The molecule has 0 aromatic carbocycles. The third kappa shape index (κ3) is 4.90. The third-order valence-corrected chi connectivity index (χ3v) is 3.38. The fraction of sp³-hybridized carbons (Fsp3) is 0.667. The van der Waals surface area contributed by atoms with Gasteiger partial charge < -0.3 is 9.84 Å². The van der Waals surface area contributed by atoms with Gasteiger partial charge in [0, 0.05) is 38.5 Å². The molecule has 2 saturated heterocycles. The topological polar surface area (TPSA) is 45.6 Å². The Morgan fingerprint density at radius 2 is 1.95 bits per heavy atom. The zero-order valence-corrected chi connectivity index (χ0v) is 11.7. The quantitative estimate of drug-likeness (QED) is 0.901. The van der Waals surface area contributed by atoms with Gasteiger partial charge in [0.05, 0.1) is 11.8 Å². The number of ether oxygens (including phenoxy) is 1. The number of aromatic nitrogens is 1. The molecule has 4 heteroatoms. The molecule has 19 heavy (non-hydrogen) atoms. The summed E-state index contributed by atoms with van der Waals surface area (Å²) in [7, 11) is 0. The van der Waals surface area contributed by atoms with E-state index in [1.54, 1.807) is 0 Å². The Labute approximate surface area is 115 Å². The molecule has 2 aliphatic rings. The maximum atomic E-state index is 9.14. The van der Waals surface area contributed by atoms with Crippen LogP contribution in [0.1, 0.15) is 31.2 Å². The number of aryl methyl sites for hydroxylation is 1. The molecule has 3 heterocycles. The lowest BCUT2D eigenvalue weighted by Crippen LogP contribution is -2.49. The Hall–Kier alpha value is -0.970. The molecule has 0 atom stereocenters. The molecule has 0 bridgehead atoms. The molecule has 106 valence electrons. The Bertz CT molecular complexity index is 367. The molecule has 0 unspecified atom stereocenters. The lowest BCUT2D eigenvalue weighted by Gasteiger charge is -2.35. The van der Waals surface area contributed by atoms with Crippen molar-refractivity contribution in [3.8, 4) is 0 Å². The molecule has 2 fully saturated rings. The number of pyridine rings is 1. The van der Waals surface area contributed by atoms with Crippen LogP contribution in [-0.4, -0.2) is 47.4 Å². The van der Waals surface area contributed by atoms with E-state index in [9.17, 15) is 0 Å². The Morgan fingerprint density at radius 1 is 1.26 bits per heavy atom. The second-order valence-corrected chi connectivity index (χ2v) is 5.14. The van der Waals surface area contributed by atoms with Crippen molar-refractivity contribution in [2.45, 2.75) is 38.8 Å². The molecule has 3 rings (SSSR count). The first-order valence-electron chi connectivity index (χ1n) is 7.21. The van der Waals surface area contributed by atoms with E-state index in [4.69, 9.17) is 9.84 Å². The summed E-state index contributed by atoms with van der Waals surface area (Å²) in [4.78, 5) is 6.72. The maximum Gasteiger partial charge on any atom is 0.0794 e. The van der Waals surface area contributed by atoms with Crippen molar-refractivity contribution in [1.82, 2.24) is 9.88 Å². The Kier molecular flexibility index (Phi) is 5.76. The van der Waals surface area contributed by atoms with Crippen LogP contribution in [0.15, 0.2) is 18.2 Å². The van der Waals surface area contributed by atoms with Gasteiger partial charge in [-0.1, -0.05) is 13.0 Å². The first kappa shape index (κ1) is 14.4. The third-order valence-electron chi connectivity index (χ3n) is 3.38. The number of nitrogens with zero attached hydrogens (tertiary/aromatic N) is 2. The van der Waals surface area contributed by atoms with E-state index in [1.807, 2.05) is 6.07 Å². The minimum atomic E-state index is -0.121. The standard InChI is InChI=1S/C11H16N2O.C4H8O/c1-2-9-4-3-5-10(12-9)6-13-7-11(14)8-13;1-2-4-5-3-1/h3-5,11,14H,2,6-8H2,1H3;1-4H2. The highest BCUT2D eigenvalue weighted by molar-refractivity contribution is 5.11. The summed E-state index contributed by atoms with van der Waals surface area (Å²) in [6.45, 7) is 6.56. The van der Waals surface area contributed by atoms with Gasteiger partial charge in [-0.2, -0.15) is 0 Å². The van der Waals surface area contributed by atoms with Crippen molar-refractivity contribution in [2.24, 2.45) is 0 Å². The molecular formula is C15H24N2O2. The molecule has 0 amide bonds. The molecule has 1 aromatic heterocycles. The average molecular weight is 264 g/mol. The summed E-state index contributed by atoms with van der Waals surface area (Å²) >= 11 is 0. The first-order valence-corrected chi connectivity index (χ1v) is 7.21. The summed E-state index contributed by atoms with van der Waals surface area (Å²) < 4.78 is 4.94. The predicted octanol–water partition coefficient (Wildman–Crippen LogP) is 1.62. The SMILES string of the molecule is C1CCOC1.CCc1cccc(CN2CC(O)C2)n1. The lowest BCUT2D eigenvalue weighted by molar-refractivity contribution is -0.00356. The van der Waals surface area contributed by atoms with Gasteiger partial charge in [0.2, 0.25) is 0 Å². The van der Waals surface area contributed by atoms with Crippen molar-refractivity contribution in [3.05, 3.63) is 29.6 Å². The zero-order chi connectivity index (χ0) is 13.5. The van der Waals surface area contributed by atoms with E-state index < -0.39 is 0 Å². The Morgan fingerprint density at radius 3 is 2.47 bits per heavy atom. The van der Waals surface area contributed by atoms with E-state index in [2.05, 4.69) is 28.9 Å². The molecule has 4 nitrogen and oxygen atoms in total. The van der Waals surface area contributed by atoms with E-state index >= 15 is 0 Å². The van der Waals surface area contributed by atoms with Crippen LogP contribution in [0.2, 0.25) is 0 Å². The van der Waals surface area contributed by atoms with E-state index in [0.29, 0.717) is 0 Å². The minimum absolute atomic E-state index is 0.121. The van der Waals surface area contributed by atoms with Crippen LogP contribution in [0.5, 0.6) is 0 Å². The average Bonchev–Trinajstić information content (AvgIpc) is 2.96. The summed E-state index contributed by atoms with van der Waals surface area (Å²) in [5.74, 6) is 0. The van der Waals surface area contributed by atoms with Crippen molar-refractivity contribution < 1.29 is 9.84 Å². The number of hydrogen-bond acceptors (Lipinski definition) is 4. The van der Waals surface area contributed by atoms with Crippen molar-refractivity contribution in [2.75, 3.05) is 26.3 Å². The van der Waals surface area contributed by atoms with Crippen LogP contribution in [0.3, 0.4) is 0 Å². The van der Waals surface area contributed by atoms with E-state index in [0.717, 1.165) is 50.7 Å². The smallest absolute Gasteiger partial charge is 0.0794 e. The number of hydrogen-bond donors (Lipinski definition) is 1. The number of rotatable bonds is 3. The monoisotopic (exact) mass is 264 g/mol. The van der Waals surface area contributed by atoms with Crippen molar-refractivity contribution in [1.29, 1.82) is 0 Å². The largest absolute Gasteiger partial charge is 0.390 e. The molecular weight excluding hydrogens is 240 g/mol. The summed E-state index contributed by atoms with van der Waals surface area (Å²) in [6, 6.07) is 6.15. The van der Waals surface area contributed by atoms with Gasteiger partial charge in [0.15, 0.2) is 0 Å². The Balaban J connectivity index is 0.000000224. The fourth-order valence-corrected chi connectivity index (χ4v) is 2.23. The molecule has 0 spiro atoms. The second kappa shape index (κ2) is 7.58. The van der Waals surface area contributed by atoms with Gasteiger partial charge >= 0.3 is 0 Å². The van der Waals surface area contributed by atoms with Crippen LogP contribution in [0.25, 0.3) is 0 Å². The van der Waals surface area contributed by atoms with Crippen LogP contribution < -0.4 is 0 Å². The molecule has 1 aromatic rings. The summed E-state index contributed by atoms with van der Waals surface area (Å²) in [5, 5.41) is 9.14. The number of likely N-dealkylation sites (tertiary alicyclic amines) is 1. The molecule has 2 aliphatic heterocycles. The molecule has 0 aliphatic carbocycles. The van der Waals surface area contributed by atoms with Crippen LogP contribution in [0.4, 0.5) is 0 Å². The first-order chi connectivity index (χ1) is 9.28. The van der Waals surface area contributed by atoms with Gasteiger partial charge in [-0.25, -0.2) is 0 Å². The number of β-amino-alcohol motifs (C(OH)–C–C–N with tert-alkyl or cyclic N) is 1. The van der Waals surface area contributed by atoms with E-state index in [1.165, 1.54) is 12.8 Å². The second-order valence-electron chi connectivity index (χ2n) is 5.14. The minimum Gasteiger partial charge on any atom is -0.390 e. The highest BCUT2D eigenvalue weighted by atomic mass is 16.5. The van der Waals surface area contributed by atoms with Crippen LogP contribution in [-0.2, 0) is 17.7 Å².